The Morgan fingerprint density at radius 2 is 2.33 bits per heavy atom. The lowest BCUT2D eigenvalue weighted by molar-refractivity contribution is 0.0994. The fourth-order valence-corrected chi connectivity index (χ4v) is 2.04. The van der Waals surface area contributed by atoms with E-state index in [0.717, 1.165) is 18.5 Å². The van der Waals surface area contributed by atoms with Crippen molar-refractivity contribution in [3.63, 3.8) is 0 Å². The maximum Gasteiger partial charge on any atom is 0.271 e. The first-order valence-electron chi connectivity index (χ1n) is 6.48. The number of aryl methyl sites for hydroxylation is 1. The molecule has 3 N–H and O–H groups in total. The minimum Gasteiger partial charge on any atom is -0.393 e. The highest BCUT2D eigenvalue weighted by atomic mass is 16.3. The van der Waals surface area contributed by atoms with Crippen LogP contribution in [0.5, 0.6) is 0 Å². The highest BCUT2D eigenvalue weighted by Gasteiger charge is 2.27. The number of nitrogens with two attached hydrogens (primary N) is 1. The van der Waals surface area contributed by atoms with Gasteiger partial charge in [0.2, 0.25) is 0 Å². The predicted molar refractivity (Wildman–Crippen MR) is 65.9 cm³/mol. The van der Waals surface area contributed by atoms with Crippen molar-refractivity contribution in [1.29, 1.82) is 0 Å². The first-order valence-corrected chi connectivity index (χ1v) is 6.48. The van der Waals surface area contributed by atoms with E-state index in [0.29, 0.717) is 24.6 Å². The molecule has 1 atom stereocenters. The summed E-state index contributed by atoms with van der Waals surface area (Å²) < 4.78 is 1.76. The van der Waals surface area contributed by atoms with Crippen LogP contribution in [0, 0.1) is 5.92 Å². The van der Waals surface area contributed by atoms with Crippen LogP contribution >= 0.6 is 0 Å². The lowest BCUT2D eigenvalue weighted by Crippen LogP contribution is -2.16. The second-order valence-electron chi connectivity index (χ2n) is 5.11. The Hall–Kier alpha value is -1.43. The van der Waals surface area contributed by atoms with Crippen LogP contribution in [0.15, 0.2) is 0 Å². The second-order valence-corrected chi connectivity index (χ2v) is 5.11. The van der Waals surface area contributed by atoms with Crippen LogP contribution in [-0.2, 0) is 13.0 Å². The fraction of sp³-hybridized carbons (Fsp3) is 0.750. The number of amides is 1. The Morgan fingerprint density at radius 3 is 2.89 bits per heavy atom. The molecule has 0 radical (unpaired) electrons. The summed E-state index contributed by atoms with van der Waals surface area (Å²) in [4.78, 5) is 11.3. The average molecular weight is 252 g/mol. The highest BCUT2D eigenvalue weighted by Crippen LogP contribution is 2.33. The third kappa shape index (κ3) is 3.29. The van der Waals surface area contributed by atoms with E-state index in [1.54, 1.807) is 11.6 Å². The molecule has 18 heavy (non-hydrogen) atoms. The van der Waals surface area contributed by atoms with Gasteiger partial charge in [0.15, 0.2) is 5.69 Å². The molecule has 1 aliphatic carbocycles. The van der Waals surface area contributed by atoms with Crippen LogP contribution in [0.4, 0.5) is 0 Å². The molecular formula is C12H20N4O2. The first-order chi connectivity index (χ1) is 8.58. The molecule has 100 valence electrons. The predicted octanol–water partition coefficient (Wildman–Crippen LogP) is 0.490. The van der Waals surface area contributed by atoms with E-state index in [1.165, 1.54) is 12.8 Å². The van der Waals surface area contributed by atoms with Gasteiger partial charge in [0.25, 0.3) is 5.91 Å². The zero-order valence-electron chi connectivity index (χ0n) is 10.7. The monoisotopic (exact) mass is 252 g/mol. The van der Waals surface area contributed by atoms with E-state index in [-0.39, 0.29) is 6.10 Å². The van der Waals surface area contributed by atoms with Crippen LogP contribution < -0.4 is 5.73 Å². The normalized spacial score (nSPS) is 16.8. The van der Waals surface area contributed by atoms with E-state index in [4.69, 9.17) is 5.73 Å². The van der Waals surface area contributed by atoms with Gasteiger partial charge in [-0.15, -0.1) is 5.10 Å². The van der Waals surface area contributed by atoms with Crippen LogP contribution in [-0.4, -0.2) is 32.1 Å². The fourth-order valence-electron chi connectivity index (χ4n) is 2.04. The summed E-state index contributed by atoms with van der Waals surface area (Å²) >= 11 is 0. The Bertz CT molecular complexity index is 424. The average Bonchev–Trinajstić information content (AvgIpc) is 3.00. The molecule has 0 bridgehead atoms. The lowest BCUT2D eigenvalue weighted by Gasteiger charge is -2.07. The third-order valence-corrected chi connectivity index (χ3v) is 3.24. The second kappa shape index (κ2) is 5.48. The molecule has 6 heteroatoms. The van der Waals surface area contributed by atoms with Gasteiger partial charge in [-0.2, -0.15) is 0 Å². The number of carbonyl (C=O) groups is 1. The van der Waals surface area contributed by atoms with Crippen molar-refractivity contribution in [2.75, 3.05) is 0 Å². The molecule has 0 aliphatic heterocycles. The van der Waals surface area contributed by atoms with Gasteiger partial charge in [0.05, 0.1) is 11.8 Å². The maximum atomic E-state index is 11.3. The number of hydrogen-bond donors (Lipinski definition) is 2. The van der Waals surface area contributed by atoms with Gasteiger partial charge < -0.3 is 10.8 Å². The third-order valence-electron chi connectivity index (χ3n) is 3.24. The topological polar surface area (TPSA) is 94.0 Å². The number of aliphatic hydroxyl groups is 1. The number of aliphatic hydroxyl groups excluding tert-OH is 1. The van der Waals surface area contributed by atoms with Crippen molar-refractivity contribution in [1.82, 2.24) is 15.0 Å². The summed E-state index contributed by atoms with van der Waals surface area (Å²) in [6.45, 7) is 2.44. The van der Waals surface area contributed by atoms with Gasteiger partial charge in [0.1, 0.15) is 0 Å². The van der Waals surface area contributed by atoms with Crippen molar-refractivity contribution >= 4 is 5.91 Å². The molecule has 0 aromatic carbocycles. The first kappa shape index (κ1) is 13.0. The molecule has 1 heterocycles. The molecule has 2 rings (SSSR count). The van der Waals surface area contributed by atoms with Gasteiger partial charge in [-0.3, -0.25) is 4.79 Å². The summed E-state index contributed by atoms with van der Waals surface area (Å²) in [5.74, 6) is 0.143. The van der Waals surface area contributed by atoms with Crippen molar-refractivity contribution in [3.8, 4) is 0 Å². The van der Waals surface area contributed by atoms with Crippen molar-refractivity contribution in [2.24, 2.45) is 11.7 Å². The van der Waals surface area contributed by atoms with Gasteiger partial charge in [-0.05, 0) is 44.9 Å². The van der Waals surface area contributed by atoms with Gasteiger partial charge in [-0.1, -0.05) is 5.21 Å². The maximum absolute atomic E-state index is 11.3. The van der Waals surface area contributed by atoms with Crippen LogP contribution in [0.2, 0.25) is 0 Å². The van der Waals surface area contributed by atoms with Gasteiger partial charge in [0, 0.05) is 6.54 Å². The zero-order valence-corrected chi connectivity index (χ0v) is 10.7. The summed E-state index contributed by atoms with van der Waals surface area (Å²) in [5, 5.41) is 17.1. The number of carbonyl (C=O) groups excluding carboxylic acids is 1. The molecule has 1 fully saturated rings. The Labute approximate surface area is 106 Å². The minimum absolute atomic E-state index is 0.305. The molecule has 0 spiro atoms. The van der Waals surface area contributed by atoms with E-state index < -0.39 is 5.91 Å². The standard InChI is InChI=1S/C12H20N4O2/c1-8(17)3-2-6-16-10(7-9-4-5-9)11(12(13)18)14-15-16/h8-9,17H,2-7H2,1H3,(H2,13,18). The zero-order chi connectivity index (χ0) is 13.1. The summed E-state index contributed by atoms with van der Waals surface area (Å²) in [7, 11) is 0. The molecule has 6 nitrogen and oxygen atoms in total. The molecule has 1 aliphatic rings. The molecule has 0 saturated heterocycles. The molecular weight excluding hydrogens is 232 g/mol. The molecule has 1 saturated carbocycles. The summed E-state index contributed by atoms with van der Waals surface area (Å²) in [6.07, 6.45) is 4.47. The number of nitrogens with zero attached hydrogens (tertiary/aromatic N) is 3. The Balaban J connectivity index is 2.05. The molecule has 1 unspecified atom stereocenters. The number of hydrogen-bond acceptors (Lipinski definition) is 4. The van der Waals surface area contributed by atoms with Crippen molar-refractivity contribution in [2.45, 2.75) is 51.7 Å². The van der Waals surface area contributed by atoms with Gasteiger partial charge >= 0.3 is 0 Å². The quantitative estimate of drug-likeness (QED) is 0.738. The SMILES string of the molecule is CC(O)CCCn1nnc(C(N)=O)c1CC1CC1. The highest BCUT2D eigenvalue weighted by molar-refractivity contribution is 5.91. The van der Waals surface area contributed by atoms with E-state index in [1.807, 2.05) is 0 Å². The van der Waals surface area contributed by atoms with E-state index >= 15 is 0 Å². The number of aromatic nitrogens is 3. The largest absolute Gasteiger partial charge is 0.393 e. The van der Waals surface area contributed by atoms with Crippen LogP contribution in [0.1, 0.15) is 48.8 Å². The summed E-state index contributed by atoms with van der Waals surface area (Å²) in [5.41, 5.74) is 6.47. The van der Waals surface area contributed by atoms with Crippen LogP contribution in [0.25, 0.3) is 0 Å². The van der Waals surface area contributed by atoms with E-state index in [2.05, 4.69) is 10.3 Å². The number of primary amides is 1. The molecule has 1 aromatic rings. The van der Waals surface area contributed by atoms with Crippen molar-refractivity contribution < 1.29 is 9.90 Å². The smallest absolute Gasteiger partial charge is 0.271 e. The van der Waals surface area contributed by atoms with E-state index in [9.17, 15) is 9.90 Å². The summed E-state index contributed by atoms with van der Waals surface area (Å²) in [6, 6.07) is 0. The molecule has 1 amide bonds. The lowest BCUT2D eigenvalue weighted by atomic mass is 10.1. The van der Waals surface area contributed by atoms with Crippen molar-refractivity contribution in [3.05, 3.63) is 11.4 Å². The van der Waals surface area contributed by atoms with Gasteiger partial charge in [-0.25, -0.2) is 4.68 Å². The number of rotatable bonds is 7. The Morgan fingerprint density at radius 1 is 1.61 bits per heavy atom. The minimum atomic E-state index is -0.507. The molecule has 1 aromatic heterocycles. The Kier molecular flexibility index (Phi) is 3.96. The van der Waals surface area contributed by atoms with Crippen LogP contribution in [0.3, 0.4) is 0 Å².